The van der Waals surface area contributed by atoms with E-state index < -0.39 is 16.8 Å². The summed E-state index contributed by atoms with van der Waals surface area (Å²) < 4.78 is 10.7. The molecule has 0 aliphatic carbocycles. The highest BCUT2D eigenvalue weighted by molar-refractivity contribution is 5.87. The number of hydrogen-bond acceptors (Lipinski definition) is 7. The number of methoxy groups -OCH3 is 1. The molecule has 0 atom stereocenters. The minimum atomic E-state index is -0.629. The van der Waals surface area contributed by atoms with Crippen molar-refractivity contribution >= 4 is 23.1 Å². The van der Waals surface area contributed by atoms with Crippen molar-refractivity contribution in [3.05, 3.63) is 46.8 Å². The van der Waals surface area contributed by atoms with Gasteiger partial charge in [0.1, 0.15) is 5.58 Å². The van der Waals surface area contributed by atoms with E-state index in [-0.39, 0.29) is 16.7 Å². The van der Waals surface area contributed by atoms with E-state index in [1.807, 2.05) is 0 Å². The van der Waals surface area contributed by atoms with Gasteiger partial charge in [-0.25, -0.2) is 4.98 Å². The van der Waals surface area contributed by atoms with E-state index in [0.717, 1.165) is 5.06 Å². The Hall–Kier alpha value is -3.39. The van der Waals surface area contributed by atoms with Crippen LogP contribution in [0.15, 0.2) is 45.7 Å². The van der Waals surface area contributed by atoms with Crippen LogP contribution >= 0.6 is 0 Å². The third kappa shape index (κ3) is 3.81. The number of fused-ring (bicyclic) bond motifs is 1. The predicted octanol–water partition coefficient (Wildman–Crippen LogP) is 3.26. The van der Waals surface area contributed by atoms with Crippen molar-refractivity contribution in [1.29, 1.82) is 0 Å². The number of hydroxylamine groups is 1. The monoisotopic (exact) mass is 384 g/mol. The summed E-state index contributed by atoms with van der Waals surface area (Å²) >= 11 is 0. The van der Waals surface area contributed by atoms with Crippen LogP contribution in [0, 0.1) is 0 Å². The summed E-state index contributed by atoms with van der Waals surface area (Å²) in [4.78, 5) is 33.7. The molecule has 0 bridgehead atoms. The number of nitrogens with zero attached hydrogens (tertiary/aromatic N) is 2. The summed E-state index contributed by atoms with van der Waals surface area (Å²) in [6.45, 7) is 5.37. The molecule has 0 aliphatic rings. The molecule has 0 aliphatic heterocycles. The van der Waals surface area contributed by atoms with Gasteiger partial charge in [0.05, 0.1) is 23.8 Å². The van der Waals surface area contributed by atoms with Crippen molar-refractivity contribution in [1.82, 2.24) is 4.98 Å². The number of carbonyl (C=O) groups excluding carboxylic acids is 1. The van der Waals surface area contributed by atoms with E-state index >= 15 is 0 Å². The number of rotatable bonds is 5. The van der Waals surface area contributed by atoms with Crippen molar-refractivity contribution in [3.8, 4) is 23.0 Å². The molecule has 0 saturated carbocycles. The highest BCUT2D eigenvalue weighted by Crippen LogP contribution is 2.31. The smallest absolute Gasteiger partial charge is 0.238 e. The Balaban J connectivity index is 2.09. The predicted molar refractivity (Wildman–Crippen MR) is 103 cm³/mol. The second-order valence-corrected chi connectivity index (χ2v) is 7.01. The van der Waals surface area contributed by atoms with Gasteiger partial charge in [0.25, 0.3) is 0 Å². The zero-order valence-corrected chi connectivity index (χ0v) is 15.9. The van der Waals surface area contributed by atoms with Crippen LogP contribution in [0.3, 0.4) is 0 Å². The van der Waals surface area contributed by atoms with Crippen LogP contribution < -0.4 is 15.2 Å². The lowest BCUT2D eigenvalue weighted by atomic mass is 10.1. The summed E-state index contributed by atoms with van der Waals surface area (Å²) in [5, 5.41) is 11.5. The van der Waals surface area contributed by atoms with E-state index in [2.05, 4.69) is 4.98 Å². The fraction of sp³-hybridized carbons (Fsp3) is 0.250. The molecule has 1 amide bonds. The summed E-state index contributed by atoms with van der Waals surface area (Å²) in [7, 11) is 1.49. The molecule has 1 aromatic carbocycles. The molecule has 0 fully saturated rings. The summed E-state index contributed by atoms with van der Waals surface area (Å²) in [5.41, 5.74) is -0.238. The molecule has 2 heterocycles. The van der Waals surface area contributed by atoms with Gasteiger partial charge in [-0.15, -0.1) is 0 Å². The van der Waals surface area contributed by atoms with Gasteiger partial charge in [-0.1, -0.05) is 0 Å². The number of carbonyl (C=O) groups is 1. The van der Waals surface area contributed by atoms with Gasteiger partial charge in [-0.3, -0.25) is 14.4 Å². The molecule has 146 valence electrons. The van der Waals surface area contributed by atoms with Crippen LogP contribution in [0.4, 0.5) is 5.69 Å². The fourth-order valence-corrected chi connectivity index (χ4v) is 2.57. The minimum Gasteiger partial charge on any atom is -0.502 e. The molecular formula is C20H20N2O6. The van der Waals surface area contributed by atoms with Gasteiger partial charge >= 0.3 is 0 Å². The number of anilines is 1. The molecule has 0 saturated heterocycles. The molecule has 1 N–H and O–H groups in total. The third-order valence-electron chi connectivity index (χ3n) is 3.78. The summed E-state index contributed by atoms with van der Waals surface area (Å²) in [5.74, 6) is -0.159. The number of pyridine rings is 1. The Kier molecular flexibility index (Phi) is 5.06. The van der Waals surface area contributed by atoms with E-state index in [9.17, 15) is 14.7 Å². The molecule has 0 spiro atoms. The van der Waals surface area contributed by atoms with E-state index in [1.54, 1.807) is 39.0 Å². The first-order valence-corrected chi connectivity index (χ1v) is 8.47. The number of benzene rings is 1. The SMILES string of the molecule is COc1ccc(-c2oc3ccc(N(C=O)OC(C)(C)C)cc3c(=O)c2O)cn1. The molecule has 28 heavy (non-hydrogen) atoms. The number of aromatic nitrogens is 1. The molecule has 3 aromatic rings. The number of ether oxygens (including phenoxy) is 1. The first-order valence-electron chi connectivity index (χ1n) is 8.47. The number of hydrogen-bond donors (Lipinski definition) is 1. The highest BCUT2D eigenvalue weighted by atomic mass is 16.7. The van der Waals surface area contributed by atoms with Gasteiger partial charge in [0, 0.05) is 17.8 Å². The molecule has 2 aromatic heterocycles. The maximum absolute atomic E-state index is 12.7. The Labute approximate surface area is 160 Å². The van der Waals surface area contributed by atoms with E-state index in [1.165, 1.54) is 25.4 Å². The third-order valence-corrected chi connectivity index (χ3v) is 3.78. The van der Waals surface area contributed by atoms with Crippen LogP contribution in [0.1, 0.15) is 20.8 Å². The van der Waals surface area contributed by atoms with Gasteiger partial charge in [-0.05, 0) is 45.0 Å². The van der Waals surface area contributed by atoms with Gasteiger partial charge < -0.3 is 14.3 Å². The number of amides is 1. The van der Waals surface area contributed by atoms with E-state index in [0.29, 0.717) is 23.5 Å². The lowest BCUT2D eigenvalue weighted by molar-refractivity contribution is -0.120. The largest absolute Gasteiger partial charge is 0.502 e. The van der Waals surface area contributed by atoms with Crippen molar-refractivity contribution in [2.24, 2.45) is 0 Å². The number of aromatic hydroxyl groups is 1. The Morgan fingerprint density at radius 3 is 2.54 bits per heavy atom. The van der Waals surface area contributed by atoms with Crippen molar-refractivity contribution in [2.75, 3.05) is 12.2 Å². The second kappa shape index (κ2) is 7.32. The van der Waals surface area contributed by atoms with E-state index in [4.69, 9.17) is 14.0 Å². The Bertz CT molecular complexity index is 1070. The zero-order valence-electron chi connectivity index (χ0n) is 15.9. The van der Waals surface area contributed by atoms with Gasteiger partial charge in [0.15, 0.2) is 5.76 Å². The maximum Gasteiger partial charge on any atom is 0.238 e. The first-order chi connectivity index (χ1) is 13.2. The molecule has 3 rings (SSSR count). The topological polar surface area (TPSA) is 102 Å². The van der Waals surface area contributed by atoms with Crippen LogP contribution in [0.2, 0.25) is 0 Å². The average molecular weight is 384 g/mol. The van der Waals surface area contributed by atoms with Crippen LogP contribution in [-0.2, 0) is 9.63 Å². The average Bonchev–Trinajstić information content (AvgIpc) is 2.68. The normalized spacial score (nSPS) is 11.4. The fourth-order valence-electron chi connectivity index (χ4n) is 2.57. The van der Waals surface area contributed by atoms with Crippen molar-refractivity contribution < 1.29 is 23.9 Å². The lowest BCUT2D eigenvalue weighted by Gasteiger charge is -2.26. The first kappa shape index (κ1) is 19.4. The van der Waals surface area contributed by atoms with Crippen LogP contribution in [0.25, 0.3) is 22.3 Å². The lowest BCUT2D eigenvalue weighted by Crippen LogP contribution is -2.33. The van der Waals surface area contributed by atoms with Gasteiger partial charge in [-0.2, -0.15) is 5.06 Å². The molecule has 8 heteroatoms. The van der Waals surface area contributed by atoms with Gasteiger partial charge in [0.2, 0.25) is 23.5 Å². The minimum absolute atomic E-state index is 0.00131. The maximum atomic E-state index is 12.7. The molecular weight excluding hydrogens is 364 g/mol. The molecule has 0 radical (unpaired) electrons. The van der Waals surface area contributed by atoms with Crippen LogP contribution in [-0.4, -0.2) is 29.2 Å². The van der Waals surface area contributed by atoms with Crippen LogP contribution in [0.5, 0.6) is 11.6 Å². The standard InChI is InChI=1S/C20H20N2O6/c1-20(2,3)28-22(11-23)13-6-7-15-14(9-13)17(24)18(25)19(27-15)12-5-8-16(26-4)21-10-12/h5-11,25H,1-4H3. The van der Waals surface area contributed by atoms with Crippen molar-refractivity contribution in [3.63, 3.8) is 0 Å². The molecule has 0 unspecified atom stereocenters. The second-order valence-electron chi connectivity index (χ2n) is 7.01. The Morgan fingerprint density at radius 1 is 1.21 bits per heavy atom. The quantitative estimate of drug-likeness (QED) is 0.532. The van der Waals surface area contributed by atoms with Crippen molar-refractivity contribution in [2.45, 2.75) is 26.4 Å². The summed E-state index contributed by atoms with van der Waals surface area (Å²) in [6, 6.07) is 7.76. The zero-order chi connectivity index (χ0) is 20.5. The molecule has 8 nitrogen and oxygen atoms in total. The Morgan fingerprint density at radius 2 is 1.96 bits per heavy atom. The summed E-state index contributed by atoms with van der Waals surface area (Å²) in [6.07, 6.45) is 1.94. The highest BCUT2D eigenvalue weighted by Gasteiger charge is 2.20.